The number of anilines is 1. The van der Waals surface area contributed by atoms with Gasteiger partial charge in [0.2, 0.25) is 0 Å². The van der Waals surface area contributed by atoms with E-state index in [1.165, 1.54) is 0 Å². The molecule has 0 saturated heterocycles. The van der Waals surface area contributed by atoms with Gasteiger partial charge in [0.25, 0.3) is 5.91 Å². The molecular weight excluding hydrogens is 334 g/mol. The highest BCUT2D eigenvalue weighted by Crippen LogP contribution is 2.13. The number of hydrogen-bond acceptors (Lipinski definition) is 3. The number of carbonyl (C=O) groups is 1. The van der Waals surface area contributed by atoms with Crippen LogP contribution in [0.25, 0.3) is 0 Å². The standard InChI is InChI=1S/C20H26ClN3O/c1-3-13-24(14-4-2)19-10-7-17(15-23-19)20(25)22-12-11-16-5-8-18(21)9-6-16/h5-10,15H,3-4,11-14H2,1-2H3,(H,22,25). The molecule has 1 amide bonds. The van der Waals surface area contributed by atoms with Crippen molar-refractivity contribution in [1.82, 2.24) is 10.3 Å². The van der Waals surface area contributed by atoms with Crippen molar-refractivity contribution in [1.29, 1.82) is 0 Å². The number of rotatable bonds is 9. The van der Waals surface area contributed by atoms with Gasteiger partial charge in [0, 0.05) is 30.9 Å². The lowest BCUT2D eigenvalue weighted by molar-refractivity contribution is 0.0954. The predicted octanol–water partition coefficient (Wildman–Crippen LogP) is 4.33. The number of aromatic nitrogens is 1. The van der Waals surface area contributed by atoms with Gasteiger partial charge in [0.05, 0.1) is 5.56 Å². The lowest BCUT2D eigenvalue weighted by atomic mass is 10.1. The van der Waals surface area contributed by atoms with Gasteiger partial charge in [-0.25, -0.2) is 4.98 Å². The maximum atomic E-state index is 12.2. The zero-order valence-electron chi connectivity index (χ0n) is 15.0. The van der Waals surface area contributed by atoms with Gasteiger partial charge < -0.3 is 10.2 Å². The van der Waals surface area contributed by atoms with E-state index >= 15 is 0 Å². The highest BCUT2D eigenvalue weighted by Gasteiger charge is 2.09. The Hall–Kier alpha value is -2.07. The molecule has 0 saturated carbocycles. The summed E-state index contributed by atoms with van der Waals surface area (Å²) < 4.78 is 0. The largest absolute Gasteiger partial charge is 0.357 e. The van der Waals surface area contributed by atoms with Crippen LogP contribution in [0.15, 0.2) is 42.6 Å². The number of nitrogens with one attached hydrogen (secondary N) is 1. The smallest absolute Gasteiger partial charge is 0.252 e. The minimum absolute atomic E-state index is 0.0921. The Balaban J connectivity index is 1.87. The monoisotopic (exact) mass is 359 g/mol. The highest BCUT2D eigenvalue weighted by atomic mass is 35.5. The third-order valence-electron chi connectivity index (χ3n) is 3.93. The Morgan fingerprint density at radius 2 is 1.76 bits per heavy atom. The van der Waals surface area contributed by atoms with Gasteiger partial charge in [-0.1, -0.05) is 37.6 Å². The molecular formula is C20H26ClN3O. The second kappa shape index (κ2) is 10.0. The fraction of sp³-hybridized carbons (Fsp3) is 0.400. The normalized spacial score (nSPS) is 10.5. The van der Waals surface area contributed by atoms with E-state index < -0.39 is 0 Å². The van der Waals surface area contributed by atoms with Crippen LogP contribution in [0.4, 0.5) is 5.82 Å². The number of halogens is 1. The van der Waals surface area contributed by atoms with E-state index in [1.54, 1.807) is 6.20 Å². The molecule has 5 heteroatoms. The number of nitrogens with zero attached hydrogens (tertiary/aromatic N) is 2. The minimum Gasteiger partial charge on any atom is -0.357 e. The average molecular weight is 360 g/mol. The molecule has 2 rings (SSSR count). The van der Waals surface area contributed by atoms with Gasteiger partial charge in [-0.15, -0.1) is 0 Å². The zero-order chi connectivity index (χ0) is 18.1. The van der Waals surface area contributed by atoms with Gasteiger partial charge >= 0.3 is 0 Å². The summed E-state index contributed by atoms with van der Waals surface area (Å²) in [7, 11) is 0. The molecule has 0 unspecified atom stereocenters. The van der Waals surface area contributed by atoms with Crippen molar-refractivity contribution in [2.45, 2.75) is 33.1 Å². The summed E-state index contributed by atoms with van der Waals surface area (Å²) >= 11 is 5.87. The summed E-state index contributed by atoms with van der Waals surface area (Å²) in [6.07, 6.45) is 4.59. The molecule has 25 heavy (non-hydrogen) atoms. The highest BCUT2D eigenvalue weighted by molar-refractivity contribution is 6.30. The molecule has 1 aromatic carbocycles. The summed E-state index contributed by atoms with van der Waals surface area (Å²) in [5.74, 6) is 0.840. The minimum atomic E-state index is -0.0921. The van der Waals surface area contributed by atoms with Crippen molar-refractivity contribution in [3.8, 4) is 0 Å². The molecule has 0 radical (unpaired) electrons. The SMILES string of the molecule is CCCN(CCC)c1ccc(C(=O)NCCc2ccc(Cl)cc2)cn1. The van der Waals surface area contributed by atoms with Crippen molar-refractivity contribution in [2.24, 2.45) is 0 Å². The molecule has 0 aliphatic rings. The second-order valence-electron chi connectivity index (χ2n) is 6.02. The van der Waals surface area contributed by atoms with Crippen LogP contribution in [0.3, 0.4) is 0 Å². The fourth-order valence-electron chi connectivity index (χ4n) is 2.66. The molecule has 1 N–H and O–H groups in total. The van der Waals surface area contributed by atoms with Crippen molar-refractivity contribution in [3.05, 3.63) is 58.7 Å². The molecule has 1 aromatic heterocycles. The van der Waals surface area contributed by atoms with Crippen LogP contribution in [-0.4, -0.2) is 30.5 Å². The Kier molecular flexibility index (Phi) is 7.74. The number of amides is 1. The zero-order valence-corrected chi connectivity index (χ0v) is 15.7. The Morgan fingerprint density at radius 1 is 1.08 bits per heavy atom. The molecule has 134 valence electrons. The lowest BCUT2D eigenvalue weighted by Gasteiger charge is -2.22. The van der Waals surface area contributed by atoms with Crippen LogP contribution in [-0.2, 0) is 6.42 Å². The topological polar surface area (TPSA) is 45.2 Å². The molecule has 0 spiro atoms. The van der Waals surface area contributed by atoms with Crippen LogP contribution >= 0.6 is 11.6 Å². The lowest BCUT2D eigenvalue weighted by Crippen LogP contribution is -2.27. The van der Waals surface area contributed by atoms with Crippen LogP contribution in [0.2, 0.25) is 5.02 Å². The van der Waals surface area contributed by atoms with E-state index in [1.807, 2.05) is 36.4 Å². The first kappa shape index (κ1) is 19.3. The Labute approximate surface area is 155 Å². The van der Waals surface area contributed by atoms with Gasteiger partial charge in [-0.05, 0) is 49.1 Å². The van der Waals surface area contributed by atoms with Crippen molar-refractivity contribution < 1.29 is 4.79 Å². The summed E-state index contributed by atoms with van der Waals surface area (Å²) in [4.78, 5) is 19.0. The van der Waals surface area contributed by atoms with E-state index in [4.69, 9.17) is 11.6 Å². The molecule has 4 nitrogen and oxygen atoms in total. The third kappa shape index (κ3) is 6.05. The van der Waals surface area contributed by atoms with Crippen LogP contribution in [0.1, 0.15) is 42.6 Å². The van der Waals surface area contributed by atoms with Crippen LogP contribution < -0.4 is 10.2 Å². The van der Waals surface area contributed by atoms with Crippen molar-refractivity contribution in [2.75, 3.05) is 24.5 Å². The molecule has 0 atom stereocenters. The molecule has 0 aliphatic heterocycles. The van der Waals surface area contributed by atoms with Crippen molar-refractivity contribution in [3.63, 3.8) is 0 Å². The summed E-state index contributed by atoms with van der Waals surface area (Å²) in [6.45, 7) is 6.86. The first-order chi connectivity index (χ1) is 12.1. The number of carbonyl (C=O) groups excluding carboxylic acids is 1. The Bertz CT molecular complexity index is 650. The summed E-state index contributed by atoms with van der Waals surface area (Å²) in [5.41, 5.74) is 1.74. The predicted molar refractivity (Wildman–Crippen MR) is 105 cm³/mol. The molecule has 1 heterocycles. The van der Waals surface area contributed by atoms with Gasteiger partial charge in [0.15, 0.2) is 0 Å². The number of benzene rings is 1. The molecule has 0 fully saturated rings. The Morgan fingerprint density at radius 3 is 2.32 bits per heavy atom. The van der Waals surface area contributed by atoms with E-state index in [0.29, 0.717) is 12.1 Å². The second-order valence-corrected chi connectivity index (χ2v) is 6.46. The molecule has 0 aliphatic carbocycles. The maximum Gasteiger partial charge on any atom is 0.252 e. The van der Waals surface area contributed by atoms with E-state index in [-0.39, 0.29) is 5.91 Å². The maximum absolute atomic E-state index is 12.2. The van der Waals surface area contributed by atoms with E-state index in [0.717, 1.165) is 48.8 Å². The van der Waals surface area contributed by atoms with Gasteiger partial charge in [-0.2, -0.15) is 0 Å². The average Bonchev–Trinajstić information content (AvgIpc) is 2.63. The van der Waals surface area contributed by atoms with E-state index in [9.17, 15) is 4.79 Å². The summed E-state index contributed by atoms with van der Waals surface area (Å²) in [5, 5.41) is 3.66. The number of hydrogen-bond donors (Lipinski definition) is 1. The quantitative estimate of drug-likeness (QED) is 0.724. The first-order valence-corrected chi connectivity index (χ1v) is 9.25. The number of pyridine rings is 1. The van der Waals surface area contributed by atoms with Crippen molar-refractivity contribution >= 4 is 23.3 Å². The summed E-state index contributed by atoms with van der Waals surface area (Å²) in [6, 6.07) is 11.4. The third-order valence-corrected chi connectivity index (χ3v) is 4.19. The van der Waals surface area contributed by atoms with Crippen LogP contribution in [0.5, 0.6) is 0 Å². The molecule has 2 aromatic rings. The van der Waals surface area contributed by atoms with Gasteiger partial charge in [0.1, 0.15) is 5.82 Å². The van der Waals surface area contributed by atoms with E-state index in [2.05, 4.69) is 29.0 Å². The first-order valence-electron chi connectivity index (χ1n) is 8.87. The van der Waals surface area contributed by atoms with Gasteiger partial charge in [-0.3, -0.25) is 4.79 Å². The molecule has 0 bridgehead atoms. The van der Waals surface area contributed by atoms with Crippen LogP contribution in [0, 0.1) is 0 Å². The fourth-order valence-corrected chi connectivity index (χ4v) is 2.79.